The van der Waals surface area contributed by atoms with Gasteiger partial charge in [-0.1, -0.05) is 0 Å². The predicted molar refractivity (Wildman–Crippen MR) is 67.2 cm³/mol. The molecule has 16 heavy (non-hydrogen) atoms. The maximum Gasteiger partial charge on any atom is 0.150 e. The van der Waals surface area contributed by atoms with Crippen LogP contribution >= 0.6 is 15.9 Å². The Balaban J connectivity index is 1.92. The van der Waals surface area contributed by atoms with Gasteiger partial charge < -0.3 is 5.32 Å². The van der Waals surface area contributed by atoms with Gasteiger partial charge in [0.1, 0.15) is 5.82 Å². The van der Waals surface area contributed by atoms with Crippen molar-refractivity contribution in [1.29, 1.82) is 0 Å². The number of nitrogens with zero attached hydrogens (tertiary/aromatic N) is 1. The molecule has 88 valence electrons. The number of aromatic nitrogens is 1. The molecule has 0 spiro atoms. The molecule has 0 amide bonds. The van der Waals surface area contributed by atoms with E-state index in [9.17, 15) is 8.42 Å². The molecule has 1 saturated heterocycles. The van der Waals surface area contributed by atoms with E-state index in [4.69, 9.17) is 0 Å². The largest absolute Gasteiger partial charge is 0.369 e. The van der Waals surface area contributed by atoms with E-state index in [2.05, 4.69) is 26.2 Å². The molecule has 0 radical (unpaired) electrons. The third-order valence-corrected chi connectivity index (χ3v) is 5.12. The molecule has 1 N–H and O–H groups in total. The summed E-state index contributed by atoms with van der Waals surface area (Å²) in [7, 11) is -2.78. The quantitative estimate of drug-likeness (QED) is 0.923. The highest BCUT2D eigenvalue weighted by molar-refractivity contribution is 9.10. The zero-order chi connectivity index (χ0) is 11.6. The van der Waals surface area contributed by atoms with Crippen LogP contribution < -0.4 is 5.32 Å². The first-order valence-electron chi connectivity index (χ1n) is 5.12. The lowest BCUT2D eigenvalue weighted by Gasteiger charge is -2.10. The molecule has 1 aliphatic heterocycles. The minimum Gasteiger partial charge on any atom is -0.369 e. The standard InChI is InChI=1S/C10H13BrN2O2S/c11-9-2-1-4-12-10(9)13-6-8-3-5-16(14,15)7-8/h1-2,4,8H,3,5-7H2,(H,12,13). The first-order chi connectivity index (χ1) is 7.57. The third kappa shape index (κ3) is 2.95. The highest BCUT2D eigenvalue weighted by Gasteiger charge is 2.27. The topological polar surface area (TPSA) is 59.1 Å². The lowest BCUT2D eigenvalue weighted by molar-refractivity contribution is 0.595. The molecular weight excluding hydrogens is 292 g/mol. The highest BCUT2D eigenvalue weighted by Crippen LogP contribution is 2.22. The Morgan fingerprint density at radius 3 is 3.00 bits per heavy atom. The summed E-state index contributed by atoms with van der Waals surface area (Å²) in [4.78, 5) is 4.17. The fourth-order valence-corrected chi connectivity index (χ4v) is 4.05. The molecule has 0 saturated carbocycles. The van der Waals surface area contributed by atoms with Crippen molar-refractivity contribution >= 4 is 31.6 Å². The highest BCUT2D eigenvalue weighted by atomic mass is 79.9. The summed E-state index contributed by atoms with van der Waals surface area (Å²) in [5.41, 5.74) is 0. The molecule has 1 unspecified atom stereocenters. The fraction of sp³-hybridized carbons (Fsp3) is 0.500. The van der Waals surface area contributed by atoms with Gasteiger partial charge >= 0.3 is 0 Å². The van der Waals surface area contributed by atoms with Gasteiger partial charge in [0.2, 0.25) is 0 Å². The number of hydrogen-bond donors (Lipinski definition) is 1. The Bertz CT molecular complexity index is 475. The van der Waals surface area contributed by atoms with Gasteiger partial charge in [0.15, 0.2) is 9.84 Å². The van der Waals surface area contributed by atoms with E-state index in [-0.39, 0.29) is 5.92 Å². The van der Waals surface area contributed by atoms with Gasteiger partial charge in [-0.2, -0.15) is 0 Å². The molecule has 2 rings (SSSR count). The lowest BCUT2D eigenvalue weighted by Crippen LogP contribution is -2.16. The smallest absolute Gasteiger partial charge is 0.150 e. The molecule has 0 bridgehead atoms. The molecule has 0 aliphatic carbocycles. The molecule has 0 aromatic carbocycles. The van der Waals surface area contributed by atoms with Crippen LogP contribution in [0, 0.1) is 5.92 Å². The second kappa shape index (κ2) is 4.71. The molecule has 6 heteroatoms. The van der Waals surface area contributed by atoms with Gasteiger partial charge in [0.05, 0.1) is 16.0 Å². The second-order valence-electron chi connectivity index (χ2n) is 3.98. The van der Waals surface area contributed by atoms with Crippen LogP contribution in [0.1, 0.15) is 6.42 Å². The van der Waals surface area contributed by atoms with Crippen molar-refractivity contribution in [2.75, 3.05) is 23.4 Å². The predicted octanol–water partition coefficient (Wildman–Crippen LogP) is 1.69. The maximum absolute atomic E-state index is 11.3. The second-order valence-corrected chi connectivity index (χ2v) is 7.07. The summed E-state index contributed by atoms with van der Waals surface area (Å²) in [6, 6.07) is 3.75. The molecule has 1 aromatic heterocycles. The van der Waals surface area contributed by atoms with E-state index in [1.54, 1.807) is 6.20 Å². The van der Waals surface area contributed by atoms with Gasteiger partial charge in [-0.15, -0.1) is 0 Å². The number of rotatable bonds is 3. The normalized spacial score (nSPS) is 23.2. The molecule has 2 heterocycles. The minimum atomic E-state index is -2.78. The minimum absolute atomic E-state index is 0.207. The summed E-state index contributed by atoms with van der Waals surface area (Å²) in [6.45, 7) is 0.662. The van der Waals surface area contributed by atoms with E-state index in [0.717, 1.165) is 16.7 Å². The number of halogens is 1. The SMILES string of the molecule is O=S1(=O)CCC(CNc2ncccc2Br)C1. The summed E-state index contributed by atoms with van der Waals surface area (Å²) in [6.07, 6.45) is 2.46. The van der Waals surface area contributed by atoms with Crippen molar-refractivity contribution in [3.8, 4) is 0 Å². The van der Waals surface area contributed by atoms with Crippen molar-refractivity contribution in [1.82, 2.24) is 4.98 Å². The lowest BCUT2D eigenvalue weighted by atomic mass is 10.1. The Morgan fingerprint density at radius 1 is 1.56 bits per heavy atom. The number of nitrogens with one attached hydrogen (secondary N) is 1. The summed E-state index contributed by atoms with van der Waals surface area (Å²) in [5.74, 6) is 1.60. The van der Waals surface area contributed by atoms with Crippen LogP contribution in [0.3, 0.4) is 0 Å². The van der Waals surface area contributed by atoms with Crippen LogP contribution in [0.25, 0.3) is 0 Å². The van der Waals surface area contributed by atoms with E-state index < -0.39 is 9.84 Å². The van der Waals surface area contributed by atoms with E-state index >= 15 is 0 Å². The number of anilines is 1. The Hall–Kier alpha value is -0.620. The Labute approximate surface area is 104 Å². The first-order valence-corrected chi connectivity index (χ1v) is 7.73. The maximum atomic E-state index is 11.3. The number of sulfone groups is 1. The molecule has 1 atom stereocenters. The van der Waals surface area contributed by atoms with Crippen LogP contribution in [0.4, 0.5) is 5.82 Å². The summed E-state index contributed by atoms with van der Waals surface area (Å²) < 4.78 is 23.4. The zero-order valence-electron chi connectivity index (χ0n) is 8.69. The summed E-state index contributed by atoms with van der Waals surface area (Å²) in [5, 5.41) is 3.17. The molecule has 1 aromatic rings. The van der Waals surface area contributed by atoms with Crippen LogP contribution in [0.5, 0.6) is 0 Å². The zero-order valence-corrected chi connectivity index (χ0v) is 11.1. The van der Waals surface area contributed by atoms with Crippen molar-refractivity contribution in [3.05, 3.63) is 22.8 Å². The molecular formula is C10H13BrN2O2S. The monoisotopic (exact) mass is 304 g/mol. The van der Waals surface area contributed by atoms with Crippen LogP contribution in [0.15, 0.2) is 22.8 Å². The third-order valence-electron chi connectivity index (χ3n) is 2.64. The van der Waals surface area contributed by atoms with E-state index in [1.807, 2.05) is 12.1 Å². The van der Waals surface area contributed by atoms with E-state index in [1.165, 1.54) is 0 Å². The summed E-state index contributed by atoms with van der Waals surface area (Å²) >= 11 is 3.39. The van der Waals surface area contributed by atoms with Gasteiger partial charge in [-0.25, -0.2) is 13.4 Å². The average Bonchev–Trinajstić information content (AvgIpc) is 2.57. The van der Waals surface area contributed by atoms with Crippen molar-refractivity contribution in [3.63, 3.8) is 0 Å². The van der Waals surface area contributed by atoms with Gasteiger partial charge in [0, 0.05) is 12.7 Å². The van der Waals surface area contributed by atoms with Crippen molar-refractivity contribution in [2.45, 2.75) is 6.42 Å². The average molecular weight is 305 g/mol. The molecule has 1 fully saturated rings. The van der Waals surface area contributed by atoms with Crippen molar-refractivity contribution < 1.29 is 8.42 Å². The fourth-order valence-electron chi connectivity index (χ4n) is 1.79. The first kappa shape index (κ1) is 11.9. The van der Waals surface area contributed by atoms with Crippen molar-refractivity contribution in [2.24, 2.45) is 5.92 Å². The number of pyridine rings is 1. The molecule has 4 nitrogen and oxygen atoms in total. The van der Waals surface area contributed by atoms with Gasteiger partial charge in [-0.05, 0) is 40.4 Å². The number of hydrogen-bond acceptors (Lipinski definition) is 4. The Morgan fingerprint density at radius 2 is 2.38 bits per heavy atom. The van der Waals surface area contributed by atoms with E-state index in [0.29, 0.717) is 18.1 Å². The molecule has 1 aliphatic rings. The Kier molecular flexibility index (Phi) is 3.49. The van der Waals surface area contributed by atoms with Crippen LogP contribution in [-0.2, 0) is 9.84 Å². The van der Waals surface area contributed by atoms with Crippen LogP contribution in [-0.4, -0.2) is 31.5 Å². The van der Waals surface area contributed by atoms with Crippen LogP contribution in [0.2, 0.25) is 0 Å². The van der Waals surface area contributed by atoms with Gasteiger partial charge in [0.25, 0.3) is 0 Å². The van der Waals surface area contributed by atoms with Gasteiger partial charge in [-0.3, -0.25) is 0 Å².